The lowest BCUT2D eigenvalue weighted by atomic mass is 10.0. The molecule has 1 aromatic rings. The summed E-state index contributed by atoms with van der Waals surface area (Å²) in [5.74, 6) is 0.972. The van der Waals surface area contributed by atoms with Crippen LogP contribution in [0.4, 0.5) is 0 Å². The number of rotatable bonds is 2. The minimum Gasteiger partial charge on any atom is -0.360 e. The van der Waals surface area contributed by atoms with Crippen LogP contribution < -0.4 is 0 Å². The molecule has 1 aliphatic rings. The lowest BCUT2D eigenvalue weighted by molar-refractivity contribution is 0.388. The van der Waals surface area contributed by atoms with Crippen LogP contribution in [0.15, 0.2) is 9.42 Å². The Morgan fingerprint density at radius 1 is 1.28 bits per heavy atom. The van der Waals surface area contributed by atoms with Gasteiger partial charge in [-0.1, -0.05) is 12.1 Å². The van der Waals surface area contributed by atoms with Gasteiger partial charge in [-0.2, -0.15) is 4.31 Å². The van der Waals surface area contributed by atoms with Crippen LogP contribution in [0.5, 0.6) is 0 Å². The summed E-state index contributed by atoms with van der Waals surface area (Å²) in [6.45, 7) is 6.67. The van der Waals surface area contributed by atoms with Crippen molar-refractivity contribution in [1.82, 2.24) is 9.46 Å². The van der Waals surface area contributed by atoms with Gasteiger partial charge in [0.05, 0.1) is 0 Å². The summed E-state index contributed by atoms with van der Waals surface area (Å²) < 4.78 is 31.7. The van der Waals surface area contributed by atoms with Crippen LogP contribution in [0, 0.1) is 19.8 Å². The molecule has 18 heavy (non-hydrogen) atoms. The average Bonchev–Trinajstić information content (AvgIpc) is 2.51. The Labute approximate surface area is 108 Å². The van der Waals surface area contributed by atoms with Crippen molar-refractivity contribution in [1.29, 1.82) is 0 Å². The fraction of sp³-hybridized carbons (Fsp3) is 0.750. The highest BCUT2D eigenvalue weighted by molar-refractivity contribution is 7.89. The van der Waals surface area contributed by atoms with Crippen molar-refractivity contribution in [2.24, 2.45) is 5.92 Å². The van der Waals surface area contributed by atoms with Crippen molar-refractivity contribution in [3.8, 4) is 0 Å². The molecule has 1 unspecified atom stereocenters. The summed E-state index contributed by atoms with van der Waals surface area (Å²) in [6.07, 6.45) is 2.93. The summed E-state index contributed by atoms with van der Waals surface area (Å²) in [4.78, 5) is 0.247. The monoisotopic (exact) mass is 272 g/mol. The first-order chi connectivity index (χ1) is 8.43. The van der Waals surface area contributed by atoms with Crippen molar-refractivity contribution in [3.63, 3.8) is 0 Å². The molecule has 1 aliphatic heterocycles. The molecule has 0 N–H and O–H groups in total. The second kappa shape index (κ2) is 5.01. The maximum Gasteiger partial charge on any atom is 0.248 e. The molecule has 0 saturated carbocycles. The third-order valence-corrected chi connectivity index (χ3v) is 5.69. The third kappa shape index (κ3) is 2.44. The number of nitrogens with zero attached hydrogens (tertiary/aromatic N) is 2. The van der Waals surface area contributed by atoms with E-state index < -0.39 is 10.0 Å². The van der Waals surface area contributed by atoms with Crippen LogP contribution in [0.2, 0.25) is 0 Å². The zero-order valence-corrected chi connectivity index (χ0v) is 12.0. The first-order valence-corrected chi connectivity index (χ1v) is 7.80. The Morgan fingerprint density at radius 2 is 2.00 bits per heavy atom. The first-order valence-electron chi connectivity index (χ1n) is 6.36. The summed E-state index contributed by atoms with van der Waals surface area (Å²) in [5.41, 5.74) is 0.449. The average molecular weight is 272 g/mol. The van der Waals surface area contributed by atoms with E-state index in [9.17, 15) is 8.42 Å². The molecule has 0 radical (unpaired) electrons. The number of aryl methyl sites for hydroxylation is 2. The van der Waals surface area contributed by atoms with E-state index in [4.69, 9.17) is 4.52 Å². The van der Waals surface area contributed by atoms with E-state index in [0.717, 1.165) is 19.3 Å². The van der Waals surface area contributed by atoms with E-state index >= 15 is 0 Å². The predicted octanol–water partition coefficient (Wildman–Crippen LogP) is 2.10. The molecule has 1 saturated heterocycles. The number of hydrogen-bond donors (Lipinski definition) is 0. The standard InChI is InChI=1S/C12H20N2O3S/c1-9-5-4-7-14(8-6-9)18(15,16)12-10(2)13-17-11(12)3/h9H,4-8H2,1-3H3. The fourth-order valence-electron chi connectivity index (χ4n) is 2.45. The van der Waals surface area contributed by atoms with E-state index in [1.54, 1.807) is 18.2 Å². The predicted molar refractivity (Wildman–Crippen MR) is 67.8 cm³/mol. The van der Waals surface area contributed by atoms with Crippen LogP contribution in [-0.4, -0.2) is 31.0 Å². The topological polar surface area (TPSA) is 63.4 Å². The van der Waals surface area contributed by atoms with Gasteiger partial charge >= 0.3 is 0 Å². The molecular weight excluding hydrogens is 252 g/mol. The van der Waals surface area contributed by atoms with Crippen LogP contribution in [0.1, 0.15) is 37.6 Å². The van der Waals surface area contributed by atoms with Crippen LogP contribution >= 0.6 is 0 Å². The van der Waals surface area contributed by atoms with Crippen molar-refractivity contribution in [3.05, 3.63) is 11.5 Å². The molecule has 0 spiro atoms. The van der Waals surface area contributed by atoms with E-state index in [1.807, 2.05) is 0 Å². The van der Waals surface area contributed by atoms with Gasteiger partial charge in [0.25, 0.3) is 0 Å². The highest BCUT2D eigenvalue weighted by atomic mass is 32.2. The normalized spacial score (nSPS) is 22.9. The zero-order chi connectivity index (χ0) is 13.3. The van der Waals surface area contributed by atoms with Crippen molar-refractivity contribution in [2.75, 3.05) is 13.1 Å². The van der Waals surface area contributed by atoms with Gasteiger partial charge in [0, 0.05) is 13.1 Å². The first kappa shape index (κ1) is 13.5. The van der Waals surface area contributed by atoms with Gasteiger partial charge in [0.15, 0.2) is 5.76 Å². The second-order valence-corrected chi connectivity index (χ2v) is 6.97. The Morgan fingerprint density at radius 3 is 2.61 bits per heavy atom. The highest BCUT2D eigenvalue weighted by Crippen LogP contribution is 2.26. The van der Waals surface area contributed by atoms with E-state index in [2.05, 4.69) is 12.1 Å². The molecule has 0 amide bonds. The smallest absolute Gasteiger partial charge is 0.248 e. The van der Waals surface area contributed by atoms with Crippen molar-refractivity contribution >= 4 is 10.0 Å². The van der Waals surface area contributed by atoms with Gasteiger partial charge in [0.1, 0.15) is 10.6 Å². The number of hydrogen-bond acceptors (Lipinski definition) is 4. The maximum absolute atomic E-state index is 12.6. The summed E-state index contributed by atoms with van der Waals surface area (Å²) in [7, 11) is -3.45. The fourth-order valence-corrected chi connectivity index (χ4v) is 4.23. The molecule has 102 valence electrons. The molecular formula is C12H20N2O3S. The second-order valence-electron chi connectivity index (χ2n) is 5.09. The Hall–Kier alpha value is -0.880. The molecule has 2 rings (SSSR count). The molecule has 2 heterocycles. The minimum absolute atomic E-state index is 0.247. The van der Waals surface area contributed by atoms with Gasteiger partial charge in [0.2, 0.25) is 10.0 Å². The molecule has 0 bridgehead atoms. The van der Waals surface area contributed by atoms with Crippen LogP contribution in [0.3, 0.4) is 0 Å². The van der Waals surface area contributed by atoms with Crippen LogP contribution in [0.25, 0.3) is 0 Å². The summed E-state index contributed by atoms with van der Waals surface area (Å²) in [5, 5.41) is 3.73. The van der Waals surface area contributed by atoms with Gasteiger partial charge in [-0.3, -0.25) is 0 Å². The molecule has 0 aromatic carbocycles. The minimum atomic E-state index is -3.45. The van der Waals surface area contributed by atoms with Crippen LogP contribution in [-0.2, 0) is 10.0 Å². The summed E-state index contributed by atoms with van der Waals surface area (Å²) >= 11 is 0. The van der Waals surface area contributed by atoms with Gasteiger partial charge < -0.3 is 4.52 Å². The van der Waals surface area contributed by atoms with E-state index in [-0.39, 0.29) is 4.90 Å². The molecule has 1 atom stereocenters. The molecule has 5 nitrogen and oxygen atoms in total. The van der Waals surface area contributed by atoms with Crippen molar-refractivity contribution in [2.45, 2.75) is 44.9 Å². The largest absolute Gasteiger partial charge is 0.360 e. The highest BCUT2D eigenvalue weighted by Gasteiger charge is 2.31. The Kier molecular flexibility index (Phi) is 3.77. The zero-order valence-electron chi connectivity index (χ0n) is 11.1. The van der Waals surface area contributed by atoms with Gasteiger partial charge in [-0.25, -0.2) is 8.42 Å². The van der Waals surface area contributed by atoms with Crippen molar-refractivity contribution < 1.29 is 12.9 Å². The third-order valence-electron chi connectivity index (χ3n) is 3.54. The Bertz CT molecular complexity index is 502. The molecule has 1 aromatic heterocycles. The lowest BCUT2D eigenvalue weighted by Crippen LogP contribution is -2.32. The number of sulfonamides is 1. The van der Waals surface area contributed by atoms with Gasteiger partial charge in [-0.15, -0.1) is 0 Å². The van der Waals surface area contributed by atoms with Gasteiger partial charge in [-0.05, 0) is 39.0 Å². The van der Waals surface area contributed by atoms with E-state index in [1.165, 1.54) is 0 Å². The molecule has 6 heteroatoms. The molecule has 0 aliphatic carbocycles. The number of aromatic nitrogens is 1. The SMILES string of the molecule is Cc1noc(C)c1S(=O)(=O)N1CCCC(C)CC1. The molecule has 1 fully saturated rings. The Balaban J connectivity index is 2.31. The summed E-state index contributed by atoms with van der Waals surface area (Å²) in [6, 6.07) is 0. The maximum atomic E-state index is 12.6. The van der Waals surface area contributed by atoms with E-state index in [0.29, 0.717) is 30.5 Å². The quantitative estimate of drug-likeness (QED) is 0.827. The lowest BCUT2D eigenvalue weighted by Gasteiger charge is -2.19.